The molecule has 0 aliphatic carbocycles. The Bertz CT molecular complexity index is 874. The first kappa shape index (κ1) is 23.4. The van der Waals surface area contributed by atoms with E-state index in [1.165, 1.54) is 11.9 Å². The summed E-state index contributed by atoms with van der Waals surface area (Å²) in [5, 5.41) is 5.46. The average molecular weight is 476 g/mol. The van der Waals surface area contributed by atoms with Crippen molar-refractivity contribution in [3.63, 3.8) is 0 Å². The predicted octanol–water partition coefficient (Wildman–Crippen LogP) is 3.07. The van der Waals surface area contributed by atoms with E-state index in [0.717, 1.165) is 4.47 Å². The number of nitrogens with one attached hydrogen (secondary N) is 2. The van der Waals surface area contributed by atoms with Gasteiger partial charge in [0, 0.05) is 11.5 Å². The SMILES string of the molecule is CC(C)C(NC(=O)COc1ccccc1)C(=O)N(C)CC(=O)Nc1ccccc1Br. The third-order valence-electron chi connectivity index (χ3n) is 4.27. The molecule has 3 amide bonds. The summed E-state index contributed by atoms with van der Waals surface area (Å²) >= 11 is 3.37. The van der Waals surface area contributed by atoms with E-state index in [-0.39, 0.29) is 30.9 Å². The van der Waals surface area contributed by atoms with Crippen molar-refractivity contribution in [1.29, 1.82) is 0 Å². The van der Waals surface area contributed by atoms with E-state index in [4.69, 9.17) is 4.74 Å². The minimum Gasteiger partial charge on any atom is -0.484 e. The number of benzene rings is 2. The number of halogens is 1. The van der Waals surface area contributed by atoms with Crippen molar-refractivity contribution in [2.75, 3.05) is 25.5 Å². The van der Waals surface area contributed by atoms with Gasteiger partial charge in [0.25, 0.3) is 5.91 Å². The fourth-order valence-corrected chi connectivity index (χ4v) is 3.06. The molecule has 0 radical (unpaired) electrons. The Morgan fingerprint density at radius 3 is 2.27 bits per heavy atom. The van der Waals surface area contributed by atoms with Crippen LogP contribution in [-0.4, -0.2) is 48.9 Å². The van der Waals surface area contributed by atoms with E-state index in [1.54, 1.807) is 24.3 Å². The zero-order chi connectivity index (χ0) is 22.1. The fourth-order valence-electron chi connectivity index (χ4n) is 2.68. The minimum absolute atomic E-state index is 0.139. The summed E-state index contributed by atoms with van der Waals surface area (Å²) in [6.45, 7) is 3.32. The molecule has 2 rings (SSSR count). The van der Waals surface area contributed by atoms with Crippen molar-refractivity contribution >= 4 is 39.3 Å². The number of ether oxygens (including phenoxy) is 1. The molecule has 0 spiro atoms. The molecular weight excluding hydrogens is 450 g/mol. The Balaban J connectivity index is 1.90. The van der Waals surface area contributed by atoms with Crippen molar-refractivity contribution in [3.8, 4) is 5.75 Å². The molecule has 8 heteroatoms. The summed E-state index contributed by atoms with van der Waals surface area (Å²) < 4.78 is 6.17. The molecule has 30 heavy (non-hydrogen) atoms. The van der Waals surface area contributed by atoms with Crippen LogP contribution in [0.15, 0.2) is 59.1 Å². The lowest BCUT2D eigenvalue weighted by Gasteiger charge is -2.26. The van der Waals surface area contributed by atoms with Crippen molar-refractivity contribution in [2.45, 2.75) is 19.9 Å². The molecule has 0 aliphatic heterocycles. The summed E-state index contributed by atoms with van der Waals surface area (Å²) in [4.78, 5) is 38.7. The molecule has 2 N–H and O–H groups in total. The van der Waals surface area contributed by atoms with Gasteiger partial charge in [-0.1, -0.05) is 44.2 Å². The second kappa shape index (κ2) is 11.3. The molecule has 0 fully saturated rings. The van der Waals surface area contributed by atoms with Gasteiger partial charge < -0.3 is 20.3 Å². The summed E-state index contributed by atoms with van der Waals surface area (Å²) in [6, 6.07) is 15.4. The van der Waals surface area contributed by atoms with Crippen LogP contribution < -0.4 is 15.4 Å². The van der Waals surface area contributed by atoms with E-state index in [1.807, 2.05) is 44.2 Å². The standard InChI is InChI=1S/C22H26BrN3O4/c1-15(2)21(25-20(28)14-30-16-9-5-4-6-10-16)22(29)26(3)13-19(27)24-18-12-8-7-11-17(18)23/h4-12,15,21H,13-14H2,1-3H3,(H,24,27)(H,25,28). The van der Waals surface area contributed by atoms with E-state index in [9.17, 15) is 14.4 Å². The molecular formula is C22H26BrN3O4. The molecule has 0 bridgehead atoms. The topological polar surface area (TPSA) is 87.7 Å². The van der Waals surface area contributed by atoms with Crippen LogP contribution in [0, 0.1) is 5.92 Å². The van der Waals surface area contributed by atoms with Crippen LogP contribution in [0.25, 0.3) is 0 Å². The van der Waals surface area contributed by atoms with Crippen LogP contribution in [0.1, 0.15) is 13.8 Å². The monoisotopic (exact) mass is 475 g/mol. The first-order chi connectivity index (χ1) is 14.3. The van der Waals surface area contributed by atoms with Gasteiger partial charge in [-0.25, -0.2) is 0 Å². The number of hydrogen-bond acceptors (Lipinski definition) is 4. The molecule has 0 heterocycles. The van der Waals surface area contributed by atoms with Gasteiger partial charge in [0.15, 0.2) is 6.61 Å². The maximum absolute atomic E-state index is 12.8. The van der Waals surface area contributed by atoms with Crippen molar-refractivity contribution in [2.24, 2.45) is 5.92 Å². The van der Waals surface area contributed by atoms with Gasteiger partial charge in [0.2, 0.25) is 11.8 Å². The number of carbonyl (C=O) groups excluding carboxylic acids is 3. The Morgan fingerprint density at radius 2 is 1.63 bits per heavy atom. The number of likely N-dealkylation sites (N-methyl/N-ethyl adjacent to an activating group) is 1. The number of rotatable bonds is 9. The van der Waals surface area contributed by atoms with Crippen molar-refractivity contribution in [3.05, 3.63) is 59.1 Å². The highest BCUT2D eigenvalue weighted by atomic mass is 79.9. The molecule has 7 nitrogen and oxygen atoms in total. The summed E-state index contributed by atoms with van der Waals surface area (Å²) in [5.41, 5.74) is 0.620. The number of carbonyl (C=O) groups is 3. The predicted molar refractivity (Wildman–Crippen MR) is 119 cm³/mol. The third-order valence-corrected chi connectivity index (χ3v) is 4.96. The highest BCUT2D eigenvalue weighted by molar-refractivity contribution is 9.10. The van der Waals surface area contributed by atoms with Crippen LogP contribution in [0.2, 0.25) is 0 Å². The molecule has 2 aromatic carbocycles. The lowest BCUT2D eigenvalue weighted by molar-refractivity contribution is -0.138. The summed E-state index contributed by atoms with van der Waals surface area (Å²) in [6.07, 6.45) is 0. The molecule has 160 valence electrons. The van der Waals surface area contributed by atoms with Gasteiger partial charge in [-0.15, -0.1) is 0 Å². The first-order valence-electron chi connectivity index (χ1n) is 9.54. The Kier molecular flexibility index (Phi) is 8.86. The van der Waals surface area contributed by atoms with Gasteiger partial charge in [0.05, 0.1) is 12.2 Å². The maximum Gasteiger partial charge on any atom is 0.258 e. The van der Waals surface area contributed by atoms with Crippen LogP contribution in [0.5, 0.6) is 5.75 Å². The van der Waals surface area contributed by atoms with E-state index in [0.29, 0.717) is 11.4 Å². The number of amides is 3. The number of para-hydroxylation sites is 2. The Morgan fingerprint density at radius 1 is 1.00 bits per heavy atom. The van der Waals surface area contributed by atoms with Crippen molar-refractivity contribution in [1.82, 2.24) is 10.2 Å². The zero-order valence-electron chi connectivity index (χ0n) is 17.2. The second-order valence-electron chi connectivity index (χ2n) is 7.11. The molecule has 0 aliphatic rings. The molecule has 2 aromatic rings. The Hall–Kier alpha value is -2.87. The largest absolute Gasteiger partial charge is 0.484 e. The Labute approximate surface area is 184 Å². The first-order valence-corrected chi connectivity index (χ1v) is 10.3. The van der Waals surface area contributed by atoms with Gasteiger partial charge in [-0.05, 0) is 46.1 Å². The molecule has 0 saturated carbocycles. The average Bonchev–Trinajstić information content (AvgIpc) is 2.72. The van der Waals surface area contributed by atoms with Crippen LogP contribution in [0.4, 0.5) is 5.69 Å². The summed E-state index contributed by atoms with van der Waals surface area (Å²) in [5.74, 6) is -0.677. The van der Waals surface area contributed by atoms with E-state index < -0.39 is 11.9 Å². The number of hydrogen-bond donors (Lipinski definition) is 2. The fraction of sp³-hybridized carbons (Fsp3) is 0.318. The van der Waals surface area contributed by atoms with Gasteiger partial charge in [-0.2, -0.15) is 0 Å². The lowest BCUT2D eigenvalue weighted by Crippen LogP contribution is -2.52. The quantitative estimate of drug-likeness (QED) is 0.583. The second-order valence-corrected chi connectivity index (χ2v) is 7.97. The number of anilines is 1. The van der Waals surface area contributed by atoms with E-state index >= 15 is 0 Å². The van der Waals surface area contributed by atoms with Gasteiger partial charge >= 0.3 is 0 Å². The molecule has 0 aromatic heterocycles. The molecule has 1 atom stereocenters. The summed E-state index contributed by atoms with van der Waals surface area (Å²) in [7, 11) is 1.53. The van der Waals surface area contributed by atoms with Crippen LogP contribution >= 0.6 is 15.9 Å². The number of nitrogens with zero attached hydrogens (tertiary/aromatic N) is 1. The van der Waals surface area contributed by atoms with Crippen LogP contribution in [-0.2, 0) is 14.4 Å². The molecule has 1 unspecified atom stereocenters. The smallest absolute Gasteiger partial charge is 0.258 e. The van der Waals surface area contributed by atoms with Crippen LogP contribution in [0.3, 0.4) is 0 Å². The zero-order valence-corrected chi connectivity index (χ0v) is 18.8. The molecule has 0 saturated heterocycles. The van der Waals surface area contributed by atoms with E-state index in [2.05, 4.69) is 26.6 Å². The lowest BCUT2D eigenvalue weighted by atomic mass is 10.0. The highest BCUT2D eigenvalue weighted by Gasteiger charge is 2.28. The third kappa shape index (κ3) is 7.18. The van der Waals surface area contributed by atoms with Gasteiger partial charge in [-0.3, -0.25) is 14.4 Å². The maximum atomic E-state index is 12.8. The minimum atomic E-state index is -0.766. The van der Waals surface area contributed by atoms with Gasteiger partial charge in [0.1, 0.15) is 11.8 Å². The van der Waals surface area contributed by atoms with Crippen molar-refractivity contribution < 1.29 is 19.1 Å². The highest BCUT2D eigenvalue weighted by Crippen LogP contribution is 2.21. The normalized spacial score (nSPS) is 11.5.